The Bertz CT molecular complexity index is 697. The number of nitrogens with zero attached hydrogens (tertiary/aromatic N) is 1. The Balaban J connectivity index is 1.89. The molecule has 0 atom stereocenters. The topological polar surface area (TPSA) is 22.1 Å². The van der Waals surface area contributed by atoms with Crippen molar-refractivity contribution in [2.24, 2.45) is 0 Å². The molecule has 0 bridgehead atoms. The maximum absolute atomic E-state index is 5.87. The van der Waals surface area contributed by atoms with E-state index in [0.29, 0.717) is 6.61 Å². The Kier molecular flexibility index (Phi) is 3.47. The normalized spacial score (nSPS) is 10.6. The molecule has 2 aromatic carbocycles. The molecule has 0 aliphatic carbocycles. The number of fused-ring (bicyclic) bond motifs is 1. The quantitative estimate of drug-likeness (QED) is 0.706. The minimum absolute atomic E-state index is 0.553. The van der Waals surface area contributed by atoms with Crippen LogP contribution < -0.4 is 4.74 Å². The van der Waals surface area contributed by atoms with Crippen molar-refractivity contribution in [2.75, 3.05) is 0 Å². The van der Waals surface area contributed by atoms with Gasteiger partial charge in [0.2, 0.25) is 0 Å². The fourth-order valence-electron chi connectivity index (χ4n) is 1.96. The lowest BCUT2D eigenvalue weighted by atomic mass is 10.2. The Morgan fingerprint density at radius 1 is 1.00 bits per heavy atom. The molecule has 2 nitrogen and oxygen atoms in total. The summed E-state index contributed by atoms with van der Waals surface area (Å²) in [7, 11) is 0. The summed E-state index contributed by atoms with van der Waals surface area (Å²) in [5.41, 5.74) is 2.04. The van der Waals surface area contributed by atoms with Gasteiger partial charge < -0.3 is 4.74 Å². The lowest BCUT2D eigenvalue weighted by molar-refractivity contribution is 0.309. The Labute approximate surface area is 120 Å². The van der Waals surface area contributed by atoms with E-state index in [-0.39, 0.29) is 0 Å². The van der Waals surface area contributed by atoms with Crippen molar-refractivity contribution in [1.82, 2.24) is 4.98 Å². The SMILES string of the molecule is Brc1cnc2c(OCc3ccccc3)cccc2c1. The maximum atomic E-state index is 5.87. The van der Waals surface area contributed by atoms with E-state index in [2.05, 4.69) is 33.0 Å². The third kappa shape index (κ3) is 2.76. The highest BCUT2D eigenvalue weighted by atomic mass is 79.9. The number of pyridine rings is 1. The van der Waals surface area contributed by atoms with Gasteiger partial charge in [-0.2, -0.15) is 0 Å². The first-order valence-electron chi connectivity index (χ1n) is 6.04. The molecule has 3 aromatic rings. The predicted molar refractivity (Wildman–Crippen MR) is 80.2 cm³/mol. The van der Waals surface area contributed by atoms with E-state index in [1.807, 2.05) is 42.5 Å². The van der Waals surface area contributed by atoms with Gasteiger partial charge in [0, 0.05) is 16.1 Å². The molecule has 0 fully saturated rings. The summed E-state index contributed by atoms with van der Waals surface area (Å²) in [6, 6.07) is 18.1. The standard InChI is InChI=1S/C16H12BrNO/c17-14-9-13-7-4-8-15(16(13)18-10-14)19-11-12-5-2-1-3-6-12/h1-10H,11H2. The van der Waals surface area contributed by atoms with Crippen LogP contribution in [0.3, 0.4) is 0 Å². The highest BCUT2D eigenvalue weighted by molar-refractivity contribution is 9.10. The minimum Gasteiger partial charge on any atom is -0.487 e. The molecule has 0 unspecified atom stereocenters. The van der Waals surface area contributed by atoms with Gasteiger partial charge in [0.15, 0.2) is 0 Å². The van der Waals surface area contributed by atoms with Crippen LogP contribution in [-0.4, -0.2) is 4.98 Å². The molecule has 0 spiro atoms. The van der Waals surface area contributed by atoms with E-state index < -0.39 is 0 Å². The molecule has 94 valence electrons. The Hall–Kier alpha value is -1.87. The van der Waals surface area contributed by atoms with Crippen molar-refractivity contribution in [3.8, 4) is 5.75 Å². The van der Waals surface area contributed by atoms with Crippen LogP contribution in [0.2, 0.25) is 0 Å². The number of hydrogen-bond acceptors (Lipinski definition) is 2. The second kappa shape index (κ2) is 5.41. The van der Waals surface area contributed by atoms with Crippen LogP contribution in [-0.2, 0) is 6.61 Å². The summed E-state index contributed by atoms with van der Waals surface area (Å²) in [5, 5.41) is 1.07. The van der Waals surface area contributed by atoms with Crippen molar-refractivity contribution in [3.05, 3.63) is 70.8 Å². The van der Waals surface area contributed by atoms with Crippen molar-refractivity contribution >= 4 is 26.8 Å². The third-order valence-corrected chi connectivity index (χ3v) is 3.31. The molecule has 3 heteroatoms. The predicted octanol–water partition coefficient (Wildman–Crippen LogP) is 4.58. The lowest BCUT2D eigenvalue weighted by Crippen LogP contribution is -1.96. The summed E-state index contributed by atoms with van der Waals surface area (Å²) in [6.45, 7) is 0.553. The van der Waals surface area contributed by atoms with Crippen LogP contribution in [0, 0.1) is 0 Å². The highest BCUT2D eigenvalue weighted by Gasteiger charge is 2.04. The highest BCUT2D eigenvalue weighted by Crippen LogP contribution is 2.26. The zero-order chi connectivity index (χ0) is 13.1. The Morgan fingerprint density at radius 2 is 1.84 bits per heavy atom. The summed E-state index contributed by atoms with van der Waals surface area (Å²) in [5.74, 6) is 0.814. The van der Waals surface area contributed by atoms with E-state index >= 15 is 0 Å². The molecule has 0 amide bonds. The number of para-hydroxylation sites is 1. The van der Waals surface area contributed by atoms with Crippen LogP contribution in [0.25, 0.3) is 10.9 Å². The van der Waals surface area contributed by atoms with E-state index in [0.717, 1.165) is 26.7 Å². The molecule has 3 rings (SSSR count). The van der Waals surface area contributed by atoms with Gasteiger partial charge >= 0.3 is 0 Å². The molecule has 0 N–H and O–H groups in total. The zero-order valence-electron chi connectivity index (χ0n) is 10.2. The van der Waals surface area contributed by atoms with Crippen LogP contribution in [0.1, 0.15) is 5.56 Å². The molecular formula is C16H12BrNO. The first kappa shape index (κ1) is 12.2. The van der Waals surface area contributed by atoms with E-state index in [1.165, 1.54) is 0 Å². The summed E-state index contributed by atoms with van der Waals surface area (Å²) >= 11 is 3.43. The number of aromatic nitrogens is 1. The van der Waals surface area contributed by atoms with Crippen molar-refractivity contribution in [3.63, 3.8) is 0 Å². The molecule has 0 aliphatic heterocycles. The molecule has 0 aliphatic rings. The second-order valence-corrected chi connectivity index (χ2v) is 5.17. The molecule has 0 saturated carbocycles. The van der Waals surface area contributed by atoms with Crippen LogP contribution in [0.4, 0.5) is 0 Å². The first-order chi connectivity index (χ1) is 9.33. The molecule has 0 saturated heterocycles. The lowest BCUT2D eigenvalue weighted by Gasteiger charge is -2.08. The fourth-order valence-corrected chi connectivity index (χ4v) is 2.31. The van der Waals surface area contributed by atoms with Gasteiger partial charge in [-0.3, -0.25) is 4.98 Å². The van der Waals surface area contributed by atoms with Crippen LogP contribution >= 0.6 is 15.9 Å². The smallest absolute Gasteiger partial charge is 0.146 e. The van der Waals surface area contributed by atoms with Gasteiger partial charge in [0.05, 0.1) is 0 Å². The largest absolute Gasteiger partial charge is 0.487 e. The summed E-state index contributed by atoms with van der Waals surface area (Å²) in [6.07, 6.45) is 1.79. The van der Waals surface area contributed by atoms with Gasteiger partial charge in [0.25, 0.3) is 0 Å². The van der Waals surface area contributed by atoms with Crippen LogP contribution in [0.5, 0.6) is 5.75 Å². The Morgan fingerprint density at radius 3 is 2.68 bits per heavy atom. The van der Waals surface area contributed by atoms with Gasteiger partial charge in [-0.05, 0) is 33.6 Å². The number of rotatable bonds is 3. The van der Waals surface area contributed by atoms with Crippen molar-refractivity contribution in [1.29, 1.82) is 0 Å². The van der Waals surface area contributed by atoms with Crippen molar-refractivity contribution in [2.45, 2.75) is 6.61 Å². The second-order valence-electron chi connectivity index (χ2n) is 4.26. The number of halogens is 1. The van der Waals surface area contributed by atoms with E-state index in [1.54, 1.807) is 6.20 Å². The third-order valence-electron chi connectivity index (χ3n) is 2.88. The number of hydrogen-bond donors (Lipinski definition) is 0. The fraction of sp³-hybridized carbons (Fsp3) is 0.0625. The molecular weight excluding hydrogens is 302 g/mol. The summed E-state index contributed by atoms with van der Waals surface area (Å²) < 4.78 is 6.84. The first-order valence-corrected chi connectivity index (χ1v) is 6.83. The van der Waals surface area contributed by atoms with Gasteiger partial charge in [0.1, 0.15) is 17.9 Å². The minimum atomic E-state index is 0.553. The number of ether oxygens (including phenoxy) is 1. The van der Waals surface area contributed by atoms with Gasteiger partial charge in [-0.15, -0.1) is 0 Å². The van der Waals surface area contributed by atoms with Crippen molar-refractivity contribution < 1.29 is 4.74 Å². The molecule has 19 heavy (non-hydrogen) atoms. The van der Waals surface area contributed by atoms with E-state index in [9.17, 15) is 0 Å². The average molecular weight is 314 g/mol. The maximum Gasteiger partial charge on any atom is 0.146 e. The van der Waals surface area contributed by atoms with Gasteiger partial charge in [-0.25, -0.2) is 0 Å². The summed E-state index contributed by atoms with van der Waals surface area (Å²) in [4.78, 5) is 4.42. The van der Waals surface area contributed by atoms with Crippen LogP contribution in [0.15, 0.2) is 65.3 Å². The molecule has 1 heterocycles. The molecule has 0 radical (unpaired) electrons. The average Bonchev–Trinajstić information content (AvgIpc) is 2.45. The monoisotopic (exact) mass is 313 g/mol. The van der Waals surface area contributed by atoms with E-state index in [4.69, 9.17) is 4.74 Å². The van der Waals surface area contributed by atoms with Gasteiger partial charge in [-0.1, -0.05) is 42.5 Å². The molecule has 1 aromatic heterocycles. The zero-order valence-corrected chi connectivity index (χ0v) is 11.8. The number of benzene rings is 2.